The molecule has 4 heterocycles. The molecule has 0 saturated carbocycles. The van der Waals surface area contributed by atoms with Gasteiger partial charge in [0.2, 0.25) is 0 Å². The molecule has 61 heavy (non-hydrogen) atoms. The smallest absolute Gasteiger partial charge is 0.0972 e. The van der Waals surface area contributed by atoms with Crippen LogP contribution in [0, 0.1) is 0 Å². The first-order chi connectivity index (χ1) is 30.2. The number of fused-ring (bicyclic) bond motifs is 13. The quantitative estimate of drug-likeness (QED) is 0.167. The fourth-order valence-corrected chi connectivity index (χ4v) is 10.7. The summed E-state index contributed by atoms with van der Waals surface area (Å²) in [5.41, 5.74) is 11.4. The van der Waals surface area contributed by atoms with Crippen LogP contribution < -0.4 is 0 Å². The first-order valence-electron chi connectivity index (χ1n) is 20.7. The van der Waals surface area contributed by atoms with E-state index in [0.29, 0.717) is 0 Å². The first kappa shape index (κ1) is 34.1. The van der Waals surface area contributed by atoms with Crippen molar-refractivity contribution in [2.45, 2.75) is 0 Å². The maximum atomic E-state index is 5.32. The zero-order valence-electron chi connectivity index (χ0n) is 32.8. The second-order valence-electron chi connectivity index (χ2n) is 15.9. The first-order valence-corrected chi connectivity index (χ1v) is 21.5. The van der Waals surface area contributed by atoms with Crippen molar-refractivity contribution in [3.05, 3.63) is 200 Å². The van der Waals surface area contributed by atoms with E-state index >= 15 is 0 Å². The number of thiophene rings is 1. The van der Waals surface area contributed by atoms with Gasteiger partial charge in [-0.1, -0.05) is 158 Å². The maximum absolute atomic E-state index is 5.32. The molecule has 13 rings (SSSR count). The molecule has 0 fully saturated rings. The Labute approximate surface area is 354 Å². The Morgan fingerprint density at radius 1 is 0.311 bits per heavy atom. The van der Waals surface area contributed by atoms with Crippen LogP contribution in [0.1, 0.15) is 0 Å². The Kier molecular flexibility index (Phi) is 7.47. The van der Waals surface area contributed by atoms with E-state index in [2.05, 4.69) is 194 Å². The lowest BCUT2D eigenvalue weighted by atomic mass is 9.94. The molecule has 0 saturated heterocycles. The highest BCUT2D eigenvalue weighted by atomic mass is 32.1. The average Bonchev–Trinajstić information content (AvgIpc) is 3.72. The van der Waals surface area contributed by atoms with Crippen LogP contribution in [0.25, 0.3) is 130 Å². The molecule has 0 unspecified atom stereocenters. The van der Waals surface area contributed by atoms with E-state index in [1.54, 1.807) is 0 Å². The second-order valence-corrected chi connectivity index (χ2v) is 17.0. The number of aromatic nitrogens is 3. The number of rotatable bonds is 4. The van der Waals surface area contributed by atoms with Crippen LogP contribution in [0.4, 0.5) is 0 Å². The third-order valence-corrected chi connectivity index (χ3v) is 13.6. The molecule has 0 amide bonds. The standard InChI is InChI=1S/C57H33N3S/c1-2-9-34(10-3-1)49-29-23-35-17-18-36-24-30-50(59-56(36)55(35)58-49)41-22-26-44-40(33-41)20-19-39-31-38(21-25-43(39)44)37-11-8-12-42(32-37)54-48-28-27-46-45-13-5-7-16-52(45)61-57(46)53(48)47-14-4-6-15-51(47)60-54/h1-33H. The van der Waals surface area contributed by atoms with Crippen molar-refractivity contribution in [2.24, 2.45) is 0 Å². The average molecular weight is 792 g/mol. The number of benzene rings is 9. The Morgan fingerprint density at radius 3 is 1.66 bits per heavy atom. The second kappa shape index (κ2) is 13.4. The fourth-order valence-electron chi connectivity index (χ4n) is 9.39. The molecule has 0 N–H and O–H groups in total. The topological polar surface area (TPSA) is 38.7 Å². The molecule has 3 nitrogen and oxygen atoms in total. The van der Waals surface area contributed by atoms with Gasteiger partial charge in [-0.3, -0.25) is 0 Å². The van der Waals surface area contributed by atoms with Crippen LogP contribution in [0.2, 0.25) is 0 Å². The van der Waals surface area contributed by atoms with Crippen molar-refractivity contribution in [3.63, 3.8) is 0 Å². The molecule has 0 spiro atoms. The van der Waals surface area contributed by atoms with E-state index < -0.39 is 0 Å². The zero-order chi connectivity index (χ0) is 40.0. The van der Waals surface area contributed by atoms with Gasteiger partial charge in [0.15, 0.2) is 0 Å². The summed E-state index contributed by atoms with van der Waals surface area (Å²) in [4.78, 5) is 15.7. The van der Waals surface area contributed by atoms with Crippen molar-refractivity contribution >= 4 is 96.5 Å². The Morgan fingerprint density at radius 2 is 0.869 bits per heavy atom. The molecule has 0 bridgehead atoms. The molecule has 0 aliphatic heterocycles. The van der Waals surface area contributed by atoms with Crippen molar-refractivity contribution in [1.82, 2.24) is 15.0 Å². The molecule has 0 atom stereocenters. The Balaban J connectivity index is 0.880. The molecule has 282 valence electrons. The van der Waals surface area contributed by atoms with Crippen LogP contribution in [-0.4, -0.2) is 15.0 Å². The molecular weight excluding hydrogens is 759 g/mol. The van der Waals surface area contributed by atoms with Gasteiger partial charge in [0.1, 0.15) is 0 Å². The minimum Gasteiger partial charge on any atom is -0.247 e. The summed E-state index contributed by atoms with van der Waals surface area (Å²) in [6.07, 6.45) is 0. The molecule has 9 aromatic carbocycles. The van der Waals surface area contributed by atoms with E-state index in [4.69, 9.17) is 15.0 Å². The highest BCUT2D eigenvalue weighted by Crippen LogP contribution is 2.44. The Hall–Kier alpha value is -7.79. The lowest BCUT2D eigenvalue weighted by molar-refractivity contribution is 1.37. The van der Waals surface area contributed by atoms with Crippen molar-refractivity contribution in [2.75, 3.05) is 0 Å². The molecule has 4 heteroatoms. The summed E-state index contributed by atoms with van der Waals surface area (Å²) in [6.45, 7) is 0. The summed E-state index contributed by atoms with van der Waals surface area (Å²) in [5.74, 6) is 0. The van der Waals surface area contributed by atoms with Gasteiger partial charge in [-0.05, 0) is 75.1 Å². The van der Waals surface area contributed by atoms with Crippen molar-refractivity contribution < 1.29 is 0 Å². The molecule has 13 aromatic rings. The van der Waals surface area contributed by atoms with Gasteiger partial charge in [-0.25, -0.2) is 15.0 Å². The number of para-hydroxylation sites is 1. The summed E-state index contributed by atoms with van der Waals surface area (Å²) in [6, 6.07) is 72.0. The van der Waals surface area contributed by atoms with Gasteiger partial charge in [0.05, 0.1) is 33.6 Å². The van der Waals surface area contributed by atoms with E-state index in [-0.39, 0.29) is 0 Å². The third kappa shape index (κ3) is 5.46. The largest absolute Gasteiger partial charge is 0.247 e. The molecule has 0 aliphatic carbocycles. The molecule has 0 radical (unpaired) electrons. The van der Waals surface area contributed by atoms with Crippen LogP contribution in [0.3, 0.4) is 0 Å². The van der Waals surface area contributed by atoms with E-state index in [1.807, 2.05) is 17.4 Å². The van der Waals surface area contributed by atoms with Gasteiger partial charge in [0.25, 0.3) is 0 Å². The molecular formula is C57H33N3S. The number of hydrogen-bond donors (Lipinski definition) is 0. The maximum Gasteiger partial charge on any atom is 0.0972 e. The van der Waals surface area contributed by atoms with Gasteiger partial charge in [0, 0.05) is 63.8 Å². The van der Waals surface area contributed by atoms with Crippen LogP contribution in [-0.2, 0) is 0 Å². The highest BCUT2D eigenvalue weighted by molar-refractivity contribution is 7.26. The van der Waals surface area contributed by atoms with E-state index in [1.165, 1.54) is 69.0 Å². The normalized spacial score (nSPS) is 11.9. The minimum atomic E-state index is 0.918. The van der Waals surface area contributed by atoms with Crippen molar-refractivity contribution in [3.8, 4) is 44.9 Å². The molecule has 0 aliphatic rings. The third-order valence-electron chi connectivity index (χ3n) is 12.4. The summed E-state index contributed by atoms with van der Waals surface area (Å²) < 4.78 is 2.63. The number of nitrogens with zero attached hydrogens (tertiary/aromatic N) is 3. The monoisotopic (exact) mass is 791 g/mol. The van der Waals surface area contributed by atoms with Crippen molar-refractivity contribution in [1.29, 1.82) is 0 Å². The molecule has 4 aromatic heterocycles. The summed E-state index contributed by atoms with van der Waals surface area (Å²) in [7, 11) is 0. The van der Waals surface area contributed by atoms with Crippen LogP contribution in [0.15, 0.2) is 200 Å². The minimum absolute atomic E-state index is 0.918. The van der Waals surface area contributed by atoms with Gasteiger partial charge in [-0.2, -0.15) is 0 Å². The van der Waals surface area contributed by atoms with E-state index in [0.717, 1.165) is 61.1 Å². The lowest BCUT2D eigenvalue weighted by Gasteiger charge is -2.13. The predicted molar refractivity (Wildman–Crippen MR) is 259 cm³/mol. The number of hydrogen-bond acceptors (Lipinski definition) is 4. The van der Waals surface area contributed by atoms with Crippen LogP contribution >= 0.6 is 11.3 Å². The number of pyridine rings is 3. The Bertz CT molecular complexity index is 3940. The summed E-state index contributed by atoms with van der Waals surface area (Å²) >= 11 is 1.88. The zero-order valence-corrected chi connectivity index (χ0v) is 33.6. The highest BCUT2D eigenvalue weighted by Gasteiger charge is 2.17. The van der Waals surface area contributed by atoms with Gasteiger partial charge < -0.3 is 0 Å². The summed E-state index contributed by atoms with van der Waals surface area (Å²) in [5, 5.41) is 13.3. The fraction of sp³-hybridized carbons (Fsp3) is 0. The van der Waals surface area contributed by atoms with E-state index in [9.17, 15) is 0 Å². The van der Waals surface area contributed by atoms with Gasteiger partial charge >= 0.3 is 0 Å². The lowest BCUT2D eigenvalue weighted by Crippen LogP contribution is -1.91. The van der Waals surface area contributed by atoms with Crippen LogP contribution in [0.5, 0.6) is 0 Å². The predicted octanol–water partition coefficient (Wildman–Crippen LogP) is 15.8. The SMILES string of the molecule is c1ccc(-c2ccc3ccc4ccc(-c5ccc6c(ccc7cc(-c8cccc(-c9nc%10ccccc%10c%10c9ccc9c%11ccccc%11sc9%10)c8)ccc76)c5)nc4c3n2)cc1. The van der Waals surface area contributed by atoms with Gasteiger partial charge in [-0.15, -0.1) is 11.3 Å².